The number of amides is 1. The van der Waals surface area contributed by atoms with Crippen molar-refractivity contribution in [1.82, 2.24) is 10.6 Å². The second-order valence-corrected chi connectivity index (χ2v) is 6.36. The van der Waals surface area contributed by atoms with Crippen LogP contribution in [0.1, 0.15) is 31.2 Å². The highest BCUT2D eigenvalue weighted by Crippen LogP contribution is 2.58. The van der Waals surface area contributed by atoms with E-state index in [0.717, 1.165) is 44.3 Å². The minimum Gasteiger partial charge on any atom is -0.356 e. The molecule has 1 saturated carbocycles. The van der Waals surface area contributed by atoms with Gasteiger partial charge in [0.15, 0.2) is 0 Å². The molecule has 2 N–H and O–H groups in total. The van der Waals surface area contributed by atoms with Gasteiger partial charge in [0.25, 0.3) is 0 Å². The van der Waals surface area contributed by atoms with Crippen molar-refractivity contribution in [2.45, 2.75) is 32.1 Å². The number of carbonyl (C=O) groups is 1. The molecule has 1 aromatic carbocycles. The average Bonchev–Trinajstić information content (AvgIpc) is 3.19. The molecule has 0 aromatic heterocycles. The van der Waals surface area contributed by atoms with Crippen molar-refractivity contribution in [2.24, 2.45) is 11.3 Å². The molecule has 3 rings (SSSR count). The molecule has 1 amide bonds. The maximum Gasteiger partial charge on any atom is 0.223 e. The molecule has 1 aromatic rings. The van der Waals surface area contributed by atoms with Gasteiger partial charge in [-0.3, -0.25) is 4.79 Å². The lowest BCUT2D eigenvalue weighted by Gasteiger charge is -2.23. The number of piperidine rings is 1. The Kier molecular flexibility index (Phi) is 4.24. The molecular formula is C17H23FN2O. The zero-order valence-corrected chi connectivity index (χ0v) is 12.3. The molecule has 21 heavy (non-hydrogen) atoms. The molecule has 1 aliphatic heterocycles. The van der Waals surface area contributed by atoms with Crippen molar-refractivity contribution < 1.29 is 9.18 Å². The minimum atomic E-state index is -0.153. The van der Waals surface area contributed by atoms with Crippen molar-refractivity contribution in [2.75, 3.05) is 19.6 Å². The van der Waals surface area contributed by atoms with E-state index in [1.165, 1.54) is 6.07 Å². The molecule has 1 aliphatic carbocycles. The van der Waals surface area contributed by atoms with Gasteiger partial charge in [-0.15, -0.1) is 0 Å². The molecule has 1 heterocycles. The SMILES string of the molecule is O=C(NCCCc1ccccc1F)[C@@H]1CC12CCNCC2. The van der Waals surface area contributed by atoms with Gasteiger partial charge < -0.3 is 10.6 Å². The molecule has 4 heteroatoms. The van der Waals surface area contributed by atoms with E-state index in [9.17, 15) is 9.18 Å². The molecule has 0 radical (unpaired) electrons. The van der Waals surface area contributed by atoms with E-state index in [0.29, 0.717) is 18.4 Å². The Bertz CT molecular complexity index is 511. The van der Waals surface area contributed by atoms with Gasteiger partial charge in [-0.05, 0) is 62.2 Å². The van der Waals surface area contributed by atoms with Crippen LogP contribution in [0.5, 0.6) is 0 Å². The highest BCUT2D eigenvalue weighted by atomic mass is 19.1. The summed E-state index contributed by atoms with van der Waals surface area (Å²) in [6.45, 7) is 2.71. The minimum absolute atomic E-state index is 0.153. The highest BCUT2D eigenvalue weighted by Gasteiger charge is 2.57. The van der Waals surface area contributed by atoms with Crippen LogP contribution in [0.4, 0.5) is 4.39 Å². The van der Waals surface area contributed by atoms with Crippen LogP contribution in [0.3, 0.4) is 0 Å². The smallest absolute Gasteiger partial charge is 0.223 e. The van der Waals surface area contributed by atoms with Gasteiger partial charge in [-0.25, -0.2) is 4.39 Å². The number of hydrogen-bond acceptors (Lipinski definition) is 2. The zero-order chi connectivity index (χ0) is 14.7. The lowest BCUT2D eigenvalue weighted by Crippen LogP contribution is -2.34. The van der Waals surface area contributed by atoms with Crippen molar-refractivity contribution in [3.05, 3.63) is 35.6 Å². The van der Waals surface area contributed by atoms with Crippen LogP contribution in [0.2, 0.25) is 0 Å². The largest absolute Gasteiger partial charge is 0.356 e. The summed E-state index contributed by atoms with van der Waals surface area (Å²) in [6, 6.07) is 6.84. The number of rotatable bonds is 5. The van der Waals surface area contributed by atoms with Crippen LogP contribution in [-0.2, 0) is 11.2 Å². The predicted octanol–water partition coefficient (Wildman–Crippen LogP) is 2.26. The molecule has 1 spiro atoms. The Labute approximate surface area is 125 Å². The quantitative estimate of drug-likeness (QED) is 0.817. The van der Waals surface area contributed by atoms with E-state index in [1.54, 1.807) is 6.07 Å². The molecule has 1 saturated heterocycles. The van der Waals surface area contributed by atoms with Gasteiger partial charge in [-0.1, -0.05) is 18.2 Å². The van der Waals surface area contributed by atoms with E-state index in [-0.39, 0.29) is 17.6 Å². The first-order chi connectivity index (χ1) is 10.2. The van der Waals surface area contributed by atoms with Crippen LogP contribution in [0.15, 0.2) is 24.3 Å². The van der Waals surface area contributed by atoms with Crippen molar-refractivity contribution in [3.8, 4) is 0 Å². The van der Waals surface area contributed by atoms with Crippen LogP contribution in [-0.4, -0.2) is 25.5 Å². The van der Waals surface area contributed by atoms with Crippen LogP contribution >= 0.6 is 0 Å². The summed E-state index contributed by atoms with van der Waals surface area (Å²) in [6.07, 6.45) is 4.76. The molecule has 0 unspecified atom stereocenters. The molecule has 2 fully saturated rings. The monoisotopic (exact) mass is 290 g/mol. The summed E-state index contributed by atoms with van der Waals surface area (Å²) in [4.78, 5) is 12.2. The molecule has 1 atom stereocenters. The number of benzene rings is 1. The molecule has 114 valence electrons. The van der Waals surface area contributed by atoms with Gasteiger partial charge >= 0.3 is 0 Å². The van der Waals surface area contributed by atoms with Gasteiger partial charge in [0.05, 0.1) is 0 Å². The van der Waals surface area contributed by atoms with E-state index in [4.69, 9.17) is 0 Å². The van der Waals surface area contributed by atoms with Gasteiger partial charge in [0, 0.05) is 12.5 Å². The Morgan fingerprint density at radius 2 is 2.10 bits per heavy atom. The van der Waals surface area contributed by atoms with Crippen LogP contribution in [0, 0.1) is 17.2 Å². The lowest BCUT2D eigenvalue weighted by molar-refractivity contribution is -0.123. The van der Waals surface area contributed by atoms with E-state index in [1.807, 2.05) is 12.1 Å². The topological polar surface area (TPSA) is 41.1 Å². The highest BCUT2D eigenvalue weighted by molar-refractivity contribution is 5.82. The van der Waals surface area contributed by atoms with E-state index < -0.39 is 0 Å². The number of nitrogens with one attached hydrogen (secondary N) is 2. The standard InChI is InChI=1S/C17H23FN2O/c18-15-6-2-1-4-13(15)5-3-9-20-16(21)14-12-17(14)7-10-19-11-8-17/h1-2,4,6,14,19H,3,5,7-12H2,(H,20,21)/t14-/m0/s1. The summed E-state index contributed by atoms with van der Waals surface area (Å²) in [7, 11) is 0. The summed E-state index contributed by atoms with van der Waals surface area (Å²) in [5.74, 6) is 0.262. The number of halogens is 1. The van der Waals surface area contributed by atoms with Gasteiger partial charge in [0.1, 0.15) is 5.82 Å². The number of carbonyl (C=O) groups excluding carboxylic acids is 1. The molecule has 3 nitrogen and oxygen atoms in total. The Morgan fingerprint density at radius 3 is 2.86 bits per heavy atom. The Hall–Kier alpha value is -1.42. The lowest BCUT2D eigenvalue weighted by atomic mass is 9.92. The summed E-state index contributed by atoms with van der Waals surface area (Å²) >= 11 is 0. The van der Waals surface area contributed by atoms with Crippen molar-refractivity contribution in [1.29, 1.82) is 0 Å². The fourth-order valence-electron chi connectivity index (χ4n) is 3.51. The molecular weight excluding hydrogens is 267 g/mol. The van der Waals surface area contributed by atoms with Gasteiger partial charge in [0.2, 0.25) is 5.91 Å². The van der Waals surface area contributed by atoms with Crippen LogP contribution < -0.4 is 10.6 Å². The summed E-state index contributed by atoms with van der Waals surface area (Å²) < 4.78 is 13.5. The molecule has 2 aliphatic rings. The third-order valence-electron chi connectivity index (χ3n) is 4.99. The maximum atomic E-state index is 13.5. The van der Waals surface area contributed by atoms with Crippen molar-refractivity contribution in [3.63, 3.8) is 0 Å². The fourth-order valence-corrected chi connectivity index (χ4v) is 3.51. The Morgan fingerprint density at radius 1 is 1.33 bits per heavy atom. The second kappa shape index (κ2) is 6.14. The van der Waals surface area contributed by atoms with Crippen LogP contribution in [0.25, 0.3) is 0 Å². The van der Waals surface area contributed by atoms with E-state index in [2.05, 4.69) is 10.6 Å². The second-order valence-electron chi connectivity index (χ2n) is 6.36. The third kappa shape index (κ3) is 3.26. The van der Waals surface area contributed by atoms with Crippen molar-refractivity contribution >= 4 is 5.91 Å². The average molecular weight is 290 g/mol. The Balaban J connectivity index is 1.38. The number of aryl methyl sites for hydroxylation is 1. The first kappa shape index (κ1) is 14.5. The first-order valence-corrected chi connectivity index (χ1v) is 7.93. The molecule has 0 bridgehead atoms. The summed E-state index contributed by atoms with van der Waals surface area (Å²) in [5.41, 5.74) is 1.02. The first-order valence-electron chi connectivity index (χ1n) is 7.93. The maximum absolute atomic E-state index is 13.5. The van der Waals surface area contributed by atoms with Gasteiger partial charge in [-0.2, -0.15) is 0 Å². The third-order valence-corrected chi connectivity index (χ3v) is 4.99. The fraction of sp³-hybridized carbons (Fsp3) is 0.588. The number of hydrogen-bond donors (Lipinski definition) is 2. The van der Waals surface area contributed by atoms with E-state index >= 15 is 0 Å². The predicted molar refractivity (Wildman–Crippen MR) is 80.4 cm³/mol. The summed E-state index contributed by atoms with van der Waals surface area (Å²) in [5, 5.41) is 6.37. The normalized spacial score (nSPS) is 23.0. The zero-order valence-electron chi connectivity index (χ0n) is 12.3.